The van der Waals surface area contributed by atoms with Crippen molar-refractivity contribution in [3.05, 3.63) is 64.3 Å². The van der Waals surface area contributed by atoms with Gasteiger partial charge in [-0.15, -0.1) is 0 Å². The molecule has 0 aliphatic rings. The summed E-state index contributed by atoms with van der Waals surface area (Å²) in [5.74, 6) is 0.549. The van der Waals surface area contributed by atoms with Crippen molar-refractivity contribution in [1.29, 1.82) is 0 Å². The van der Waals surface area contributed by atoms with E-state index >= 15 is 0 Å². The van der Waals surface area contributed by atoms with Crippen molar-refractivity contribution in [1.82, 2.24) is 20.3 Å². The van der Waals surface area contributed by atoms with Gasteiger partial charge >= 0.3 is 0 Å². The predicted molar refractivity (Wildman–Crippen MR) is 99.5 cm³/mol. The number of nitrogens with one attached hydrogen (secondary N) is 1. The third-order valence-electron chi connectivity index (χ3n) is 4.51. The molecule has 1 N–H and O–H groups in total. The minimum Gasteiger partial charge on any atom is -0.360 e. The topological polar surface area (TPSA) is 73.0 Å². The first-order chi connectivity index (χ1) is 12.4. The van der Waals surface area contributed by atoms with Crippen LogP contribution in [-0.2, 0) is 6.54 Å². The number of carbonyl (C=O) groups excluding carboxylic acids is 1. The van der Waals surface area contributed by atoms with Crippen LogP contribution >= 0.6 is 0 Å². The molecule has 26 heavy (non-hydrogen) atoms. The van der Waals surface area contributed by atoms with Gasteiger partial charge in [-0.25, -0.2) is 4.68 Å². The number of aryl methyl sites for hydroxylation is 2. The van der Waals surface area contributed by atoms with Gasteiger partial charge in [0.15, 0.2) is 5.76 Å². The van der Waals surface area contributed by atoms with Gasteiger partial charge < -0.3 is 9.84 Å². The average molecular weight is 352 g/mol. The Hall–Kier alpha value is -2.89. The first-order valence-electron chi connectivity index (χ1n) is 8.75. The molecule has 0 saturated carbocycles. The highest BCUT2D eigenvalue weighted by molar-refractivity contribution is 5.96. The summed E-state index contributed by atoms with van der Waals surface area (Å²) < 4.78 is 7.22. The molecule has 136 valence electrons. The smallest absolute Gasteiger partial charge is 0.257 e. The quantitative estimate of drug-likeness (QED) is 0.757. The van der Waals surface area contributed by atoms with Crippen molar-refractivity contribution < 1.29 is 9.32 Å². The molecule has 2 heterocycles. The monoisotopic (exact) mass is 352 g/mol. The first-order valence-corrected chi connectivity index (χ1v) is 8.75. The molecule has 0 spiro atoms. The molecule has 3 rings (SSSR count). The molecular weight excluding hydrogens is 328 g/mol. The number of amides is 1. The van der Waals surface area contributed by atoms with Gasteiger partial charge in [-0.05, 0) is 32.9 Å². The SMILES string of the molecule is Cc1nn(-c2ccccc2)c(C)c1CNC(=O)c1c(C)noc1C(C)C. The lowest BCUT2D eigenvalue weighted by Gasteiger charge is -2.08. The summed E-state index contributed by atoms with van der Waals surface area (Å²) in [7, 11) is 0. The van der Waals surface area contributed by atoms with Crippen LogP contribution < -0.4 is 5.32 Å². The van der Waals surface area contributed by atoms with E-state index in [1.165, 1.54) is 0 Å². The summed E-state index contributed by atoms with van der Waals surface area (Å²) in [5, 5.41) is 11.6. The van der Waals surface area contributed by atoms with E-state index < -0.39 is 0 Å². The Morgan fingerprint density at radius 3 is 2.50 bits per heavy atom. The molecule has 0 radical (unpaired) electrons. The predicted octanol–water partition coefficient (Wildman–Crippen LogP) is 3.84. The third-order valence-corrected chi connectivity index (χ3v) is 4.51. The van der Waals surface area contributed by atoms with Crippen molar-refractivity contribution in [2.75, 3.05) is 0 Å². The third kappa shape index (κ3) is 3.27. The highest BCUT2D eigenvalue weighted by Gasteiger charge is 2.23. The minimum absolute atomic E-state index is 0.0984. The minimum atomic E-state index is -0.168. The van der Waals surface area contributed by atoms with Gasteiger partial charge in [-0.3, -0.25) is 4.79 Å². The van der Waals surface area contributed by atoms with E-state index in [4.69, 9.17) is 4.52 Å². The number of aromatic nitrogens is 3. The fourth-order valence-corrected chi connectivity index (χ4v) is 3.07. The van der Waals surface area contributed by atoms with Crippen LogP contribution in [0.15, 0.2) is 34.9 Å². The second-order valence-corrected chi connectivity index (χ2v) is 6.74. The van der Waals surface area contributed by atoms with E-state index in [0.717, 1.165) is 22.6 Å². The van der Waals surface area contributed by atoms with Crippen LogP contribution in [0.5, 0.6) is 0 Å². The van der Waals surface area contributed by atoms with E-state index in [2.05, 4.69) is 15.6 Å². The van der Waals surface area contributed by atoms with Crippen LogP contribution in [0, 0.1) is 20.8 Å². The zero-order valence-corrected chi connectivity index (χ0v) is 15.8. The second-order valence-electron chi connectivity index (χ2n) is 6.74. The van der Waals surface area contributed by atoms with Crippen molar-refractivity contribution in [2.45, 2.75) is 47.1 Å². The number of para-hydroxylation sites is 1. The fourth-order valence-electron chi connectivity index (χ4n) is 3.07. The Balaban J connectivity index is 1.82. The highest BCUT2D eigenvalue weighted by Crippen LogP contribution is 2.23. The summed E-state index contributed by atoms with van der Waals surface area (Å²) in [6.07, 6.45) is 0. The van der Waals surface area contributed by atoms with E-state index in [9.17, 15) is 4.79 Å². The zero-order valence-electron chi connectivity index (χ0n) is 15.8. The molecule has 0 bridgehead atoms. The number of rotatable bonds is 5. The molecule has 1 amide bonds. The van der Waals surface area contributed by atoms with Crippen LogP contribution in [0.3, 0.4) is 0 Å². The van der Waals surface area contributed by atoms with Crippen molar-refractivity contribution in [3.8, 4) is 5.69 Å². The van der Waals surface area contributed by atoms with Crippen molar-refractivity contribution >= 4 is 5.91 Å². The summed E-state index contributed by atoms with van der Waals surface area (Å²) in [6.45, 7) is 10.1. The van der Waals surface area contributed by atoms with Crippen LogP contribution in [0.25, 0.3) is 5.69 Å². The molecule has 0 aliphatic carbocycles. The van der Waals surface area contributed by atoms with E-state index in [-0.39, 0.29) is 11.8 Å². The molecule has 2 aromatic heterocycles. The maximum absolute atomic E-state index is 12.7. The molecule has 0 saturated heterocycles. The molecule has 0 fully saturated rings. The number of nitrogens with zero attached hydrogens (tertiary/aromatic N) is 3. The molecule has 6 nitrogen and oxygen atoms in total. The Bertz CT molecular complexity index is 923. The molecule has 0 aliphatic heterocycles. The van der Waals surface area contributed by atoms with Crippen molar-refractivity contribution in [2.24, 2.45) is 0 Å². The van der Waals surface area contributed by atoms with Crippen LogP contribution in [0.4, 0.5) is 0 Å². The van der Waals surface area contributed by atoms with Gasteiger partial charge in [-0.1, -0.05) is 37.2 Å². The standard InChI is InChI=1S/C20H24N4O2/c1-12(2)19-18(14(4)23-26-19)20(25)21-11-17-13(3)22-24(15(17)5)16-9-7-6-8-10-16/h6-10,12H,11H2,1-5H3,(H,21,25). The second kappa shape index (κ2) is 7.15. The van der Waals surface area contributed by atoms with E-state index in [1.807, 2.05) is 62.7 Å². The molecule has 1 aromatic carbocycles. The van der Waals surface area contributed by atoms with Crippen LogP contribution in [0.2, 0.25) is 0 Å². The van der Waals surface area contributed by atoms with Crippen LogP contribution in [-0.4, -0.2) is 20.8 Å². The fraction of sp³-hybridized carbons (Fsp3) is 0.350. The van der Waals surface area contributed by atoms with Gasteiger partial charge in [0.25, 0.3) is 5.91 Å². The summed E-state index contributed by atoms with van der Waals surface area (Å²) in [4.78, 5) is 12.7. The normalized spacial score (nSPS) is 11.2. The van der Waals surface area contributed by atoms with Crippen molar-refractivity contribution in [3.63, 3.8) is 0 Å². The summed E-state index contributed by atoms with van der Waals surface area (Å²) in [6, 6.07) is 9.96. The summed E-state index contributed by atoms with van der Waals surface area (Å²) >= 11 is 0. The number of hydrogen-bond acceptors (Lipinski definition) is 4. The number of hydrogen-bond donors (Lipinski definition) is 1. The largest absolute Gasteiger partial charge is 0.360 e. The van der Waals surface area contributed by atoms with Gasteiger partial charge in [0, 0.05) is 23.7 Å². The lowest BCUT2D eigenvalue weighted by Crippen LogP contribution is -2.25. The lowest BCUT2D eigenvalue weighted by atomic mass is 10.0. The Morgan fingerprint density at radius 2 is 1.85 bits per heavy atom. The van der Waals surface area contributed by atoms with E-state index in [1.54, 1.807) is 6.92 Å². The number of benzene rings is 1. The molecule has 6 heteroatoms. The Labute approximate surface area is 153 Å². The van der Waals surface area contributed by atoms with Gasteiger partial charge in [0.2, 0.25) is 0 Å². The summed E-state index contributed by atoms with van der Waals surface area (Å²) in [5.41, 5.74) is 5.08. The first kappa shape index (κ1) is 17.9. The average Bonchev–Trinajstić information content (AvgIpc) is 3.14. The lowest BCUT2D eigenvalue weighted by molar-refractivity contribution is 0.0948. The van der Waals surface area contributed by atoms with E-state index in [0.29, 0.717) is 23.6 Å². The van der Waals surface area contributed by atoms with Gasteiger partial charge in [0.05, 0.1) is 17.1 Å². The number of carbonyl (C=O) groups is 1. The maximum atomic E-state index is 12.7. The molecule has 3 aromatic rings. The Kier molecular flexibility index (Phi) is 4.93. The molecule has 0 unspecified atom stereocenters. The van der Waals surface area contributed by atoms with Gasteiger partial charge in [-0.2, -0.15) is 5.10 Å². The Morgan fingerprint density at radius 1 is 1.15 bits per heavy atom. The zero-order chi connectivity index (χ0) is 18.8. The maximum Gasteiger partial charge on any atom is 0.257 e. The van der Waals surface area contributed by atoms with Gasteiger partial charge in [0.1, 0.15) is 5.56 Å². The van der Waals surface area contributed by atoms with Crippen LogP contribution in [0.1, 0.15) is 58.5 Å². The molecular formula is C20H24N4O2. The highest BCUT2D eigenvalue weighted by atomic mass is 16.5. The molecule has 0 atom stereocenters.